The Kier molecular flexibility index (Phi) is 10.6. The molecule has 7 nitrogen and oxygen atoms in total. The summed E-state index contributed by atoms with van der Waals surface area (Å²) in [7, 11) is 1.63. The number of aliphatic hydroxyl groups excluding tert-OH is 1. The highest BCUT2D eigenvalue weighted by atomic mass is 16.5. The number of ether oxygens (including phenoxy) is 2. The van der Waals surface area contributed by atoms with E-state index >= 15 is 0 Å². The maximum absolute atomic E-state index is 12.8. The number of piperidine rings is 1. The van der Waals surface area contributed by atoms with Gasteiger partial charge in [-0.1, -0.05) is 32.6 Å². The summed E-state index contributed by atoms with van der Waals surface area (Å²) in [5.41, 5.74) is 1.65. The van der Waals surface area contributed by atoms with Crippen molar-refractivity contribution in [2.75, 3.05) is 39.9 Å². The van der Waals surface area contributed by atoms with E-state index in [4.69, 9.17) is 9.47 Å². The highest BCUT2D eigenvalue weighted by Gasteiger charge is 2.35. The van der Waals surface area contributed by atoms with E-state index in [-0.39, 0.29) is 17.9 Å². The lowest BCUT2D eigenvalue weighted by molar-refractivity contribution is -0.151. The van der Waals surface area contributed by atoms with Crippen LogP contribution in [-0.2, 0) is 9.53 Å². The van der Waals surface area contributed by atoms with E-state index in [1.165, 1.54) is 25.7 Å². The number of likely N-dealkylation sites (tertiary alicyclic amines) is 1. The first-order valence-corrected chi connectivity index (χ1v) is 12.8. The van der Waals surface area contributed by atoms with Gasteiger partial charge in [-0.2, -0.15) is 0 Å². The Labute approximate surface area is 203 Å². The van der Waals surface area contributed by atoms with Crippen LogP contribution in [0.5, 0.6) is 5.75 Å². The first-order valence-electron chi connectivity index (χ1n) is 12.8. The molecule has 188 valence electrons. The number of carbonyl (C=O) groups is 1. The second kappa shape index (κ2) is 13.6. The Bertz CT molecular complexity index is 907. The second-order valence-corrected chi connectivity index (χ2v) is 9.18. The number of pyridine rings is 1. The maximum atomic E-state index is 12.8. The van der Waals surface area contributed by atoms with E-state index in [1.807, 2.05) is 31.2 Å². The highest BCUT2D eigenvalue weighted by molar-refractivity contribution is 5.83. The number of methoxy groups -OCH3 is 1. The molecule has 34 heavy (non-hydrogen) atoms. The smallest absolute Gasteiger partial charge is 0.311 e. The Hall–Kier alpha value is -2.22. The van der Waals surface area contributed by atoms with Gasteiger partial charge in [-0.15, -0.1) is 0 Å². The molecule has 0 saturated carbocycles. The van der Waals surface area contributed by atoms with Gasteiger partial charge in [0.2, 0.25) is 0 Å². The number of fused-ring (bicyclic) bond motifs is 1. The third-order valence-corrected chi connectivity index (χ3v) is 6.75. The van der Waals surface area contributed by atoms with E-state index < -0.39 is 6.10 Å². The number of carbonyl (C=O) groups excluding carboxylic acids is 1. The number of hydrogen-bond acceptors (Lipinski definition) is 7. The van der Waals surface area contributed by atoms with Gasteiger partial charge in [0.05, 0.1) is 31.3 Å². The van der Waals surface area contributed by atoms with E-state index in [9.17, 15) is 9.90 Å². The maximum Gasteiger partial charge on any atom is 0.311 e. The molecule has 0 amide bonds. The summed E-state index contributed by atoms with van der Waals surface area (Å²) in [4.78, 5) is 19.3. The number of esters is 1. The van der Waals surface area contributed by atoms with Gasteiger partial charge in [0.25, 0.3) is 0 Å². The summed E-state index contributed by atoms with van der Waals surface area (Å²) < 4.78 is 10.8. The first-order chi connectivity index (χ1) is 16.6. The van der Waals surface area contributed by atoms with Gasteiger partial charge < -0.3 is 19.9 Å². The summed E-state index contributed by atoms with van der Waals surface area (Å²) in [5.74, 6) is 0.355. The molecule has 1 aromatic carbocycles. The van der Waals surface area contributed by atoms with Gasteiger partial charge in [-0.3, -0.25) is 14.7 Å². The predicted molar refractivity (Wildman–Crippen MR) is 135 cm³/mol. The second-order valence-electron chi connectivity index (χ2n) is 9.18. The Balaban J connectivity index is 1.63. The lowest BCUT2D eigenvalue weighted by Crippen LogP contribution is -2.53. The van der Waals surface area contributed by atoms with Gasteiger partial charge >= 0.3 is 5.97 Å². The SMILES string of the molecule is CCCCCCCN[C@H]1CCN(C[C@H](O)c2ccnc3ccc(OC)cc23)C[C@@H]1C(=O)OCC. The van der Waals surface area contributed by atoms with Crippen LogP contribution in [0.1, 0.15) is 64.0 Å². The minimum atomic E-state index is -0.691. The molecule has 1 aliphatic heterocycles. The molecule has 2 N–H and O–H groups in total. The van der Waals surface area contributed by atoms with Crippen molar-refractivity contribution >= 4 is 16.9 Å². The third kappa shape index (κ3) is 7.14. The number of β-amino-alcohol motifs (C(OH)–C–C–N with tert-alkyl or cyclic N) is 1. The van der Waals surface area contributed by atoms with Crippen molar-refractivity contribution in [3.63, 3.8) is 0 Å². The topological polar surface area (TPSA) is 83.9 Å². The zero-order chi connectivity index (χ0) is 24.3. The molecule has 1 aromatic heterocycles. The first kappa shape index (κ1) is 26.4. The summed E-state index contributed by atoms with van der Waals surface area (Å²) in [6.07, 6.45) is 8.04. The summed E-state index contributed by atoms with van der Waals surface area (Å²) in [6.45, 7) is 7.24. The van der Waals surface area contributed by atoms with Crippen molar-refractivity contribution in [3.8, 4) is 5.75 Å². The molecular formula is C27H41N3O4. The molecule has 2 heterocycles. The van der Waals surface area contributed by atoms with Crippen LogP contribution in [-0.4, -0.2) is 66.9 Å². The van der Waals surface area contributed by atoms with Gasteiger partial charge in [-0.25, -0.2) is 0 Å². The number of unbranched alkanes of at least 4 members (excludes halogenated alkanes) is 4. The largest absolute Gasteiger partial charge is 0.497 e. The van der Waals surface area contributed by atoms with E-state index in [0.29, 0.717) is 19.7 Å². The van der Waals surface area contributed by atoms with Crippen LogP contribution in [0.15, 0.2) is 30.5 Å². The summed E-state index contributed by atoms with van der Waals surface area (Å²) >= 11 is 0. The van der Waals surface area contributed by atoms with E-state index in [1.54, 1.807) is 13.3 Å². The molecule has 0 spiro atoms. The molecule has 3 atom stereocenters. The number of nitrogens with one attached hydrogen (secondary N) is 1. The average Bonchev–Trinajstić information content (AvgIpc) is 2.86. The molecule has 7 heteroatoms. The third-order valence-electron chi connectivity index (χ3n) is 6.75. The molecule has 0 radical (unpaired) electrons. The van der Waals surface area contributed by atoms with E-state index in [2.05, 4.69) is 22.1 Å². The zero-order valence-corrected chi connectivity index (χ0v) is 21.0. The van der Waals surface area contributed by atoms with Crippen LogP contribution in [0.4, 0.5) is 0 Å². The van der Waals surface area contributed by atoms with Gasteiger partial charge in [0.1, 0.15) is 5.75 Å². The van der Waals surface area contributed by atoms with Gasteiger partial charge in [0.15, 0.2) is 0 Å². The number of benzene rings is 1. The van der Waals surface area contributed by atoms with E-state index in [0.717, 1.165) is 48.1 Å². The molecule has 0 unspecified atom stereocenters. The monoisotopic (exact) mass is 471 g/mol. The fraction of sp³-hybridized carbons (Fsp3) is 0.630. The van der Waals surface area contributed by atoms with Crippen molar-refractivity contribution < 1.29 is 19.4 Å². The van der Waals surface area contributed by atoms with Crippen molar-refractivity contribution in [2.45, 2.75) is 64.5 Å². The minimum Gasteiger partial charge on any atom is -0.497 e. The van der Waals surface area contributed by atoms with Crippen molar-refractivity contribution in [1.82, 2.24) is 15.2 Å². The molecule has 2 aromatic rings. The molecule has 1 aliphatic rings. The molecule has 0 bridgehead atoms. The standard InChI is InChI=1S/C27H41N3O4/c1-4-6-7-8-9-14-28-25-13-16-30(18-23(25)27(32)34-5-2)19-26(31)21-12-15-29-24-11-10-20(33-3)17-22(21)24/h10-12,15,17,23,25-26,28,31H,4-9,13-14,16,18-19H2,1-3H3/t23-,25-,26-/m0/s1. The predicted octanol–water partition coefficient (Wildman–Crippen LogP) is 4.09. The van der Waals surface area contributed by atoms with Gasteiger partial charge in [0, 0.05) is 30.7 Å². The number of hydrogen-bond donors (Lipinski definition) is 2. The fourth-order valence-corrected chi connectivity index (χ4v) is 4.84. The molecular weight excluding hydrogens is 430 g/mol. The van der Waals surface area contributed by atoms with Crippen molar-refractivity contribution in [3.05, 3.63) is 36.0 Å². The van der Waals surface area contributed by atoms with Crippen molar-refractivity contribution in [1.29, 1.82) is 0 Å². The molecule has 1 saturated heterocycles. The summed E-state index contributed by atoms with van der Waals surface area (Å²) in [6, 6.07) is 7.67. The number of aliphatic hydroxyl groups is 1. The molecule has 3 rings (SSSR count). The Morgan fingerprint density at radius 1 is 1.24 bits per heavy atom. The van der Waals surface area contributed by atoms with Crippen LogP contribution >= 0.6 is 0 Å². The highest BCUT2D eigenvalue weighted by Crippen LogP contribution is 2.28. The van der Waals surface area contributed by atoms with Gasteiger partial charge in [-0.05, 0) is 62.7 Å². The van der Waals surface area contributed by atoms with Crippen LogP contribution in [0.3, 0.4) is 0 Å². The summed E-state index contributed by atoms with van der Waals surface area (Å²) in [5, 5.41) is 15.6. The average molecular weight is 472 g/mol. The van der Waals surface area contributed by atoms with Crippen molar-refractivity contribution in [2.24, 2.45) is 5.92 Å². The fourth-order valence-electron chi connectivity index (χ4n) is 4.84. The number of nitrogens with zero attached hydrogens (tertiary/aromatic N) is 2. The number of rotatable bonds is 13. The lowest BCUT2D eigenvalue weighted by Gasteiger charge is -2.38. The van der Waals surface area contributed by atoms with Crippen LogP contribution in [0.2, 0.25) is 0 Å². The van der Waals surface area contributed by atoms with Crippen LogP contribution in [0, 0.1) is 5.92 Å². The van der Waals surface area contributed by atoms with Crippen LogP contribution < -0.4 is 10.1 Å². The Morgan fingerprint density at radius 3 is 2.82 bits per heavy atom. The quantitative estimate of drug-likeness (QED) is 0.336. The minimum absolute atomic E-state index is 0.115. The Morgan fingerprint density at radius 2 is 2.06 bits per heavy atom. The van der Waals surface area contributed by atoms with Crippen LogP contribution in [0.25, 0.3) is 10.9 Å². The lowest BCUT2D eigenvalue weighted by atomic mass is 9.91. The molecule has 0 aliphatic carbocycles. The number of aromatic nitrogens is 1. The molecule has 1 fully saturated rings. The normalized spacial score (nSPS) is 19.8. The zero-order valence-electron chi connectivity index (χ0n) is 21.0.